The number of likely N-dealkylation sites (N-methyl/N-ethyl adjacent to an activating group) is 1. The lowest BCUT2D eigenvalue weighted by Gasteiger charge is -2.30. The molecular formula is C27H36N4O4S. The summed E-state index contributed by atoms with van der Waals surface area (Å²) in [7, 11) is 1.66. The molecule has 1 fully saturated rings. The van der Waals surface area contributed by atoms with E-state index in [1.165, 1.54) is 4.90 Å². The summed E-state index contributed by atoms with van der Waals surface area (Å²) in [6, 6.07) is 8.10. The zero-order chi connectivity index (χ0) is 25.5. The fourth-order valence-corrected chi connectivity index (χ4v) is 5.14. The van der Waals surface area contributed by atoms with E-state index in [0.717, 1.165) is 42.6 Å². The third-order valence-electron chi connectivity index (χ3n) is 6.94. The molecule has 0 unspecified atom stereocenters. The smallest absolute Gasteiger partial charge is 0.243 e. The highest BCUT2D eigenvalue weighted by atomic mass is 32.1. The molecule has 1 aromatic heterocycles. The van der Waals surface area contributed by atoms with E-state index in [0.29, 0.717) is 26.1 Å². The molecule has 0 spiro atoms. The average Bonchev–Trinajstić information content (AvgIpc) is 3.59. The highest BCUT2D eigenvalue weighted by Gasteiger charge is 2.39. The predicted octanol–water partition coefficient (Wildman–Crippen LogP) is 2.13. The second-order valence-corrected chi connectivity index (χ2v) is 10.4. The lowest BCUT2D eigenvalue weighted by molar-refractivity contribution is -0.141. The van der Waals surface area contributed by atoms with Crippen LogP contribution in [0.15, 0.2) is 41.1 Å². The van der Waals surface area contributed by atoms with Crippen molar-refractivity contribution >= 4 is 29.1 Å². The third-order valence-corrected chi connectivity index (χ3v) is 7.67. The standard InChI is InChI=1S/C27H36N4O4S/c1-18-25(32)30-22(16-19-11-15-36-17-19)26(33)29-12-5-7-20-6-3-4-8-23(20)35-14-13-28-24(21-9-10-21)27(34)31(18)2/h3-4,6,8,11,15,17-18,21-22,24,28H,5,7,9-10,12-14,16H2,1-2H3,(H,29,33)(H,30,32)/t18-,22-,24+/m1/s1. The molecular weight excluding hydrogens is 476 g/mol. The van der Waals surface area contributed by atoms with Crippen LogP contribution in [-0.2, 0) is 27.2 Å². The fourth-order valence-electron chi connectivity index (χ4n) is 4.46. The first-order valence-electron chi connectivity index (χ1n) is 12.7. The molecule has 3 N–H and O–H groups in total. The molecule has 1 aromatic carbocycles. The van der Waals surface area contributed by atoms with Crippen LogP contribution >= 0.6 is 11.3 Å². The minimum Gasteiger partial charge on any atom is -0.492 e. The number of hydrogen-bond acceptors (Lipinski definition) is 6. The van der Waals surface area contributed by atoms with Gasteiger partial charge in [-0.15, -0.1) is 0 Å². The number of nitrogens with zero attached hydrogens (tertiary/aromatic N) is 1. The Labute approximate surface area is 216 Å². The number of amides is 3. The largest absolute Gasteiger partial charge is 0.492 e. The number of para-hydroxylation sites is 1. The zero-order valence-electron chi connectivity index (χ0n) is 21.0. The minimum atomic E-state index is -0.718. The summed E-state index contributed by atoms with van der Waals surface area (Å²) in [6.07, 6.45) is 3.89. The Hall–Kier alpha value is -2.91. The van der Waals surface area contributed by atoms with Gasteiger partial charge in [-0.25, -0.2) is 0 Å². The number of aryl methyl sites for hydroxylation is 1. The van der Waals surface area contributed by atoms with Gasteiger partial charge < -0.3 is 25.6 Å². The second-order valence-electron chi connectivity index (χ2n) is 9.64. The number of carbonyl (C=O) groups is 3. The van der Waals surface area contributed by atoms with Crippen molar-refractivity contribution in [1.82, 2.24) is 20.9 Å². The number of fused-ring (bicyclic) bond motifs is 1. The highest BCUT2D eigenvalue weighted by Crippen LogP contribution is 2.33. The van der Waals surface area contributed by atoms with E-state index in [9.17, 15) is 14.4 Å². The van der Waals surface area contributed by atoms with Gasteiger partial charge in [0.25, 0.3) is 0 Å². The number of benzene rings is 1. The molecule has 2 aliphatic rings. The molecule has 4 rings (SSSR count). The maximum absolute atomic E-state index is 13.3. The van der Waals surface area contributed by atoms with E-state index >= 15 is 0 Å². The van der Waals surface area contributed by atoms with Crippen molar-refractivity contribution in [2.24, 2.45) is 5.92 Å². The summed E-state index contributed by atoms with van der Waals surface area (Å²) in [6.45, 7) is 3.17. The topological polar surface area (TPSA) is 99.8 Å². The maximum atomic E-state index is 13.3. The third kappa shape index (κ3) is 6.85. The number of hydrogen-bond donors (Lipinski definition) is 3. The Morgan fingerprint density at radius 1 is 1.08 bits per heavy atom. The van der Waals surface area contributed by atoms with E-state index in [1.54, 1.807) is 25.3 Å². The normalized spacial score (nSPS) is 25.1. The fraction of sp³-hybridized carbons (Fsp3) is 0.519. The first-order chi connectivity index (χ1) is 17.4. The molecule has 3 atom stereocenters. The van der Waals surface area contributed by atoms with Crippen molar-refractivity contribution in [2.45, 2.75) is 57.2 Å². The Balaban J connectivity index is 1.53. The predicted molar refractivity (Wildman–Crippen MR) is 140 cm³/mol. The zero-order valence-corrected chi connectivity index (χ0v) is 21.8. The van der Waals surface area contributed by atoms with Crippen molar-refractivity contribution in [3.8, 4) is 5.75 Å². The number of rotatable bonds is 3. The van der Waals surface area contributed by atoms with E-state index in [1.807, 2.05) is 41.1 Å². The summed E-state index contributed by atoms with van der Waals surface area (Å²) in [5.41, 5.74) is 2.07. The molecule has 0 bridgehead atoms. The molecule has 1 aliphatic heterocycles. The number of carbonyl (C=O) groups excluding carboxylic acids is 3. The Kier molecular flexibility index (Phi) is 8.98. The Morgan fingerprint density at radius 2 is 1.89 bits per heavy atom. The molecule has 9 heteroatoms. The van der Waals surface area contributed by atoms with Gasteiger partial charge in [-0.05, 0) is 72.5 Å². The van der Waals surface area contributed by atoms with Crippen molar-refractivity contribution in [3.05, 3.63) is 52.2 Å². The van der Waals surface area contributed by atoms with Gasteiger partial charge in [-0.1, -0.05) is 18.2 Å². The van der Waals surface area contributed by atoms with Crippen LogP contribution in [-0.4, -0.2) is 67.5 Å². The molecule has 0 radical (unpaired) electrons. The first-order valence-corrected chi connectivity index (χ1v) is 13.7. The first kappa shape index (κ1) is 26.2. The van der Waals surface area contributed by atoms with Crippen LogP contribution in [0.1, 0.15) is 37.3 Å². The molecule has 0 saturated heterocycles. The SMILES string of the molecule is C[C@@H]1C(=O)N[C@H](Cc2ccsc2)C(=O)NCCCc2ccccc2OCCN[C@@H](C2CC2)C(=O)N1C. The van der Waals surface area contributed by atoms with Crippen LogP contribution in [0.2, 0.25) is 0 Å². The van der Waals surface area contributed by atoms with Gasteiger partial charge in [0.1, 0.15) is 24.4 Å². The van der Waals surface area contributed by atoms with Gasteiger partial charge >= 0.3 is 0 Å². The van der Waals surface area contributed by atoms with Crippen molar-refractivity contribution < 1.29 is 19.1 Å². The van der Waals surface area contributed by atoms with Crippen molar-refractivity contribution in [1.29, 1.82) is 0 Å². The number of nitrogens with one attached hydrogen (secondary N) is 3. The van der Waals surface area contributed by atoms with E-state index < -0.39 is 12.1 Å². The van der Waals surface area contributed by atoms with Crippen LogP contribution in [0.5, 0.6) is 5.75 Å². The minimum absolute atomic E-state index is 0.111. The lowest BCUT2D eigenvalue weighted by atomic mass is 10.1. The van der Waals surface area contributed by atoms with Crippen LogP contribution < -0.4 is 20.7 Å². The van der Waals surface area contributed by atoms with Crippen LogP contribution in [0.4, 0.5) is 0 Å². The number of thiophene rings is 1. The summed E-state index contributed by atoms with van der Waals surface area (Å²) in [5.74, 6) is 0.424. The molecule has 194 valence electrons. The molecule has 1 saturated carbocycles. The molecule has 2 aromatic rings. The number of ether oxygens (including phenoxy) is 1. The lowest BCUT2D eigenvalue weighted by Crippen LogP contribution is -2.56. The summed E-state index contributed by atoms with van der Waals surface area (Å²) in [4.78, 5) is 41.1. The van der Waals surface area contributed by atoms with Gasteiger partial charge in [0.15, 0.2) is 0 Å². The van der Waals surface area contributed by atoms with E-state index in [4.69, 9.17) is 4.74 Å². The van der Waals surface area contributed by atoms with Gasteiger partial charge in [0, 0.05) is 26.6 Å². The van der Waals surface area contributed by atoms with Gasteiger partial charge in [-0.2, -0.15) is 11.3 Å². The van der Waals surface area contributed by atoms with Crippen LogP contribution in [0.25, 0.3) is 0 Å². The summed E-state index contributed by atoms with van der Waals surface area (Å²) < 4.78 is 6.04. The van der Waals surface area contributed by atoms with Crippen molar-refractivity contribution in [3.63, 3.8) is 0 Å². The summed E-state index contributed by atoms with van der Waals surface area (Å²) >= 11 is 1.55. The Bertz CT molecular complexity index is 1040. The molecule has 36 heavy (non-hydrogen) atoms. The highest BCUT2D eigenvalue weighted by molar-refractivity contribution is 7.07. The van der Waals surface area contributed by atoms with Crippen LogP contribution in [0.3, 0.4) is 0 Å². The van der Waals surface area contributed by atoms with Crippen molar-refractivity contribution in [2.75, 3.05) is 26.7 Å². The maximum Gasteiger partial charge on any atom is 0.243 e. The summed E-state index contributed by atoms with van der Waals surface area (Å²) in [5, 5.41) is 13.2. The molecule has 2 heterocycles. The van der Waals surface area contributed by atoms with Gasteiger partial charge in [0.05, 0.1) is 6.04 Å². The second kappa shape index (κ2) is 12.4. The van der Waals surface area contributed by atoms with Crippen LogP contribution in [0, 0.1) is 5.92 Å². The monoisotopic (exact) mass is 512 g/mol. The van der Waals surface area contributed by atoms with E-state index in [2.05, 4.69) is 16.0 Å². The molecule has 3 amide bonds. The molecule has 1 aliphatic carbocycles. The van der Waals surface area contributed by atoms with Gasteiger partial charge in [-0.3, -0.25) is 14.4 Å². The average molecular weight is 513 g/mol. The van der Waals surface area contributed by atoms with Gasteiger partial charge in [0.2, 0.25) is 17.7 Å². The molecule has 8 nitrogen and oxygen atoms in total. The Morgan fingerprint density at radius 3 is 2.64 bits per heavy atom. The quantitative estimate of drug-likeness (QED) is 0.585. The van der Waals surface area contributed by atoms with E-state index in [-0.39, 0.29) is 29.7 Å².